The molecule has 0 heterocycles. The molecular weight excluding hydrogens is 126 g/mol. The SMILES string of the molecule is CC.CC=NC(C)=NC=N. The van der Waals surface area contributed by atoms with Crippen LogP contribution < -0.4 is 0 Å². The predicted octanol–water partition coefficient (Wildman–Crippen LogP) is 2.13. The molecule has 0 fully saturated rings. The second-order valence-corrected chi connectivity index (χ2v) is 1.19. The van der Waals surface area contributed by atoms with E-state index < -0.39 is 0 Å². The summed E-state index contributed by atoms with van der Waals surface area (Å²) in [5.41, 5.74) is 0. The van der Waals surface area contributed by atoms with Gasteiger partial charge in [0, 0.05) is 6.21 Å². The monoisotopic (exact) mass is 141 g/mol. The predicted molar refractivity (Wildman–Crippen MR) is 47.4 cm³/mol. The fourth-order valence-corrected chi connectivity index (χ4v) is 0.314. The first-order valence-corrected chi connectivity index (χ1v) is 3.33. The number of aliphatic imine (C=N–C) groups is 2. The first kappa shape index (κ1) is 11.8. The molecule has 0 aliphatic carbocycles. The molecule has 58 valence electrons. The smallest absolute Gasteiger partial charge is 0.126 e. The van der Waals surface area contributed by atoms with E-state index in [9.17, 15) is 0 Å². The molecule has 0 radical (unpaired) electrons. The molecule has 0 aliphatic heterocycles. The summed E-state index contributed by atoms with van der Waals surface area (Å²) < 4.78 is 0. The van der Waals surface area contributed by atoms with Crippen molar-refractivity contribution in [2.24, 2.45) is 9.98 Å². The third-order valence-corrected chi connectivity index (χ3v) is 0.567. The minimum atomic E-state index is 0.613. The highest BCUT2D eigenvalue weighted by molar-refractivity contribution is 5.91. The van der Waals surface area contributed by atoms with Gasteiger partial charge >= 0.3 is 0 Å². The van der Waals surface area contributed by atoms with Crippen molar-refractivity contribution >= 4 is 18.4 Å². The fourth-order valence-electron chi connectivity index (χ4n) is 0.314. The lowest BCUT2D eigenvalue weighted by atomic mass is 10.7. The highest BCUT2D eigenvalue weighted by Crippen LogP contribution is 1.73. The number of amidine groups is 1. The highest BCUT2D eigenvalue weighted by Gasteiger charge is 1.74. The van der Waals surface area contributed by atoms with Crippen molar-refractivity contribution in [3.05, 3.63) is 0 Å². The van der Waals surface area contributed by atoms with Gasteiger partial charge in [0.15, 0.2) is 0 Å². The van der Waals surface area contributed by atoms with E-state index in [-0.39, 0.29) is 0 Å². The van der Waals surface area contributed by atoms with Crippen molar-refractivity contribution in [3.63, 3.8) is 0 Å². The van der Waals surface area contributed by atoms with Crippen molar-refractivity contribution in [3.8, 4) is 0 Å². The second-order valence-electron chi connectivity index (χ2n) is 1.19. The molecule has 3 heteroatoms. The van der Waals surface area contributed by atoms with Crippen LogP contribution in [0.1, 0.15) is 27.7 Å². The largest absolute Gasteiger partial charge is 0.289 e. The molecule has 0 amide bonds. The number of rotatable bonds is 1. The molecule has 0 rings (SSSR count). The Hall–Kier alpha value is -0.990. The van der Waals surface area contributed by atoms with Gasteiger partial charge in [-0.25, -0.2) is 9.98 Å². The second kappa shape index (κ2) is 10.9. The quantitative estimate of drug-likeness (QED) is 0.429. The number of nitrogens with zero attached hydrogens (tertiary/aromatic N) is 2. The van der Waals surface area contributed by atoms with Gasteiger partial charge in [-0.1, -0.05) is 13.8 Å². The van der Waals surface area contributed by atoms with E-state index in [4.69, 9.17) is 5.41 Å². The van der Waals surface area contributed by atoms with Crippen LogP contribution >= 0.6 is 0 Å². The van der Waals surface area contributed by atoms with Crippen LogP contribution in [0, 0.1) is 5.41 Å². The van der Waals surface area contributed by atoms with E-state index in [0.717, 1.165) is 6.34 Å². The van der Waals surface area contributed by atoms with Crippen LogP contribution in [0.15, 0.2) is 9.98 Å². The van der Waals surface area contributed by atoms with Crippen LogP contribution in [-0.2, 0) is 0 Å². The zero-order chi connectivity index (χ0) is 8.41. The Morgan fingerprint density at radius 2 is 1.90 bits per heavy atom. The van der Waals surface area contributed by atoms with Crippen molar-refractivity contribution in [2.75, 3.05) is 0 Å². The molecule has 1 N–H and O–H groups in total. The van der Waals surface area contributed by atoms with Crippen molar-refractivity contribution < 1.29 is 0 Å². The van der Waals surface area contributed by atoms with E-state index >= 15 is 0 Å². The Morgan fingerprint density at radius 3 is 2.20 bits per heavy atom. The number of nitrogens with one attached hydrogen (secondary N) is 1. The Bertz CT molecular complexity index is 125. The Kier molecular flexibility index (Phi) is 12.8. The zero-order valence-electron chi connectivity index (χ0n) is 7.05. The van der Waals surface area contributed by atoms with Gasteiger partial charge in [-0.05, 0) is 13.8 Å². The molecule has 10 heavy (non-hydrogen) atoms. The molecule has 0 atom stereocenters. The van der Waals surface area contributed by atoms with Crippen LogP contribution in [-0.4, -0.2) is 18.4 Å². The molecule has 0 aromatic rings. The van der Waals surface area contributed by atoms with Crippen molar-refractivity contribution in [1.29, 1.82) is 5.41 Å². The van der Waals surface area contributed by atoms with Gasteiger partial charge in [0.2, 0.25) is 0 Å². The standard InChI is InChI=1S/C5H9N3.C2H6/c1-3-7-5(2)8-4-6;1-2/h3-4,6H,1-2H3;1-2H3. The molecule has 3 nitrogen and oxygen atoms in total. The Labute approximate surface area is 62.4 Å². The summed E-state index contributed by atoms with van der Waals surface area (Å²) in [5, 5.41) is 6.53. The zero-order valence-corrected chi connectivity index (χ0v) is 7.05. The van der Waals surface area contributed by atoms with Crippen LogP contribution in [0.4, 0.5) is 0 Å². The maximum atomic E-state index is 6.53. The summed E-state index contributed by atoms with van der Waals surface area (Å²) in [5.74, 6) is 0.613. The van der Waals surface area contributed by atoms with Gasteiger partial charge in [-0.15, -0.1) is 0 Å². The van der Waals surface area contributed by atoms with Gasteiger partial charge in [0.1, 0.15) is 12.2 Å². The van der Waals surface area contributed by atoms with Gasteiger partial charge < -0.3 is 0 Å². The van der Waals surface area contributed by atoms with Crippen LogP contribution in [0.5, 0.6) is 0 Å². The molecule has 0 saturated heterocycles. The van der Waals surface area contributed by atoms with E-state index in [1.165, 1.54) is 0 Å². The Balaban J connectivity index is 0. The van der Waals surface area contributed by atoms with Gasteiger partial charge in [0.05, 0.1) is 0 Å². The highest BCUT2D eigenvalue weighted by atomic mass is 14.9. The summed E-state index contributed by atoms with van der Waals surface area (Å²) in [7, 11) is 0. The van der Waals surface area contributed by atoms with E-state index in [1.54, 1.807) is 13.1 Å². The molecule has 0 spiro atoms. The van der Waals surface area contributed by atoms with Crippen LogP contribution in [0.2, 0.25) is 0 Å². The number of hydrogen-bond donors (Lipinski definition) is 1. The minimum absolute atomic E-state index is 0.613. The summed E-state index contributed by atoms with van der Waals surface area (Å²) in [6.45, 7) is 7.55. The molecular formula is C7H15N3. The van der Waals surface area contributed by atoms with Crippen molar-refractivity contribution in [2.45, 2.75) is 27.7 Å². The molecule has 0 saturated carbocycles. The molecule has 0 aromatic carbocycles. The molecule has 0 bridgehead atoms. The maximum Gasteiger partial charge on any atom is 0.126 e. The lowest BCUT2D eigenvalue weighted by Gasteiger charge is -1.81. The average molecular weight is 141 g/mol. The topological polar surface area (TPSA) is 48.6 Å². The van der Waals surface area contributed by atoms with Crippen LogP contribution in [0.3, 0.4) is 0 Å². The maximum absolute atomic E-state index is 6.53. The van der Waals surface area contributed by atoms with Gasteiger partial charge in [-0.3, -0.25) is 5.41 Å². The average Bonchev–Trinajstić information content (AvgIpc) is 1.93. The normalized spacial score (nSPS) is 10.6. The minimum Gasteiger partial charge on any atom is -0.289 e. The Morgan fingerprint density at radius 1 is 1.40 bits per heavy atom. The van der Waals surface area contributed by atoms with Gasteiger partial charge in [-0.2, -0.15) is 0 Å². The summed E-state index contributed by atoms with van der Waals surface area (Å²) in [4.78, 5) is 7.36. The summed E-state index contributed by atoms with van der Waals surface area (Å²) >= 11 is 0. The summed E-state index contributed by atoms with van der Waals surface area (Å²) in [6, 6.07) is 0. The summed E-state index contributed by atoms with van der Waals surface area (Å²) in [6.07, 6.45) is 2.62. The first-order valence-electron chi connectivity index (χ1n) is 3.33. The van der Waals surface area contributed by atoms with E-state index in [2.05, 4.69) is 9.98 Å². The van der Waals surface area contributed by atoms with E-state index in [0.29, 0.717) is 5.84 Å². The first-order chi connectivity index (χ1) is 4.81. The van der Waals surface area contributed by atoms with Crippen molar-refractivity contribution in [1.82, 2.24) is 0 Å². The third-order valence-electron chi connectivity index (χ3n) is 0.567. The third kappa shape index (κ3) is 10.1. The van der Waals surface area contributed by atoms with Gasteiger partial charge in [0.25, 0.3) is 0 Å². The molecule has 0 aromatic heterocycles. The van der Waals surface area contributed by atoms with Crippen LogP contribution in [0.25, 0.3) is 0 Å². The molecule has 0 unspecified atom stereocenters. The lowest BCUT2D eigenvalue weighted by Crippen LogP contribution is -1.83. The fraction of sp³-hybridized carbons (Fsp3) is 0.571. The molecule has 0 aliphatic rings. The number of hydrogen-bond acceptors (Lipinski definition) is 1. The van der Waals surface area contributed by atoms with E-state index in [1.807, 2.05) is 20.8 Å². The lowest BCUT2D eigenvalue weighted by molar-refractivity contribution is 1.47.